The molecule has 0 aliphatic heterocycles. The first-order chi connectivity index (χ1) is 9.15. The molecule has 1 aromatic carbocycles. The third kappa shape index (κ3) is 2.15. The van der Waals surface area contributed by atoms with E-state index in [1.165, 1.54) is 6.26 Å². The predicted octanol–water partition coefficient (Wildman–Crippen LogP) is 3.14. The number of carbonyl (C=O) groups is 1. The molecule has 2 heterocycles. The number of aromatic nitrogens is 2. The number of hydrogen-bond acceptors (Lipinski definition) is 3. The first-order valence-corrected chi connectivity index (χ1v) is 6.33. The highest BCUT2D eigenvalue weighted by Crippen LogP contribution is 2.29. The first kappa shape index (κ1) is 12.0. The molecule has 2 aromatic heterocycles. The maximum Gasteiger partial charge on any atom is 0.339 e. The highest BCUT2D eigenvalue weighted by atomic mass is 79.9. The molecule has 0 unspecified atom stereocenters. The van der Waals surface area contributed by atoms with E-state index in [2.05, 4.69) is 20.9 Å². The van der Waals surface area contributed by atoms with Crippen molar-refractivity contribution in [1.29, 1.82) is 0 Å². The van der Waals surface area contributed by atoms with Gasteiger partial charge in [0.25, 0.3) is 0 Å². The van der Waals surface area contributed by atoms with E-state index in [-0.39, 0.29) is 5.56 Å². The second-order valence-electron chi connectivity index (χ2n) is 4.13. The molecule has 0 atom stereocenters. The number of nitrogens with zero attached hydrogens (tertiary/aromatic N) is 2. The van der Waals surface area contributed by atoms with Crippen LogP contribution >= 0.6 is 15.9 Å². The van der Waals surface area contributed by atoms with Gasteiger partial charge in [0.05, 0.1) is 12.9 Å². The molecule has 0 radical (unpaired) electrons. The van der Waals surface area contributed by atoms with Crippen LogP contribution in [0.3, 0.4) is 0 Å². The Hall–Kier alpha value is -2.08. The molecule has 96 valence electrons. The molecule has 6 heteroatoms. The van der Waals surface area contributed by atoms with E-state index in [0.29, 0.717) is 17.5 Å². The van der Waals surface area contributed by atoms with Crippen LogP contribution in [0.1, 0.15) is 15.9 Å². The average Bonchev–Trinajstić information content (AvgIpc) is 2.97. The lowest BCUT2D eigenvalue weighted by molar-refractivity contribution is 0.0698. The summed E-state index contributed by atoms with van der Waals surface area (Å²) in [4.78, 5) is 15.1. The summed E-state index contributed by atoms with van der Waals surface area (Å²) < 4.78 is 8.12. The smallest absolute Gasteiger partial charge is 0.339 e. The van der Waals surface area contributed by atoms with Gasteiger partial charge in [-0.05, 0) is 12.1 Å². The van der Waals surface area contributed by atoms with E-state index in [1.807, 2.05) is 16.8 Å². The van der Waals surface area contributed by atoms with Crippen LogP contribution in [-0.2, 0) is 6.54 Å². The Kier molecular flexibility index (Phi) is 2.87. The number of halogens is 1. The van der Waals surface area contributed by atoms with Gasteiger partial charge < -0.3 is 14.1 Å². The lowest BCUT2D eigenvalue weighted by Gasteiger charge is -2.04. The van der Waals surface area contributed by atoms with Gasteiger partial charge in [0, 0.05) is 27.8 Å². The van der Waals surface area contributed by atoms with E-state index in [0.717, 1.165) is 10.0 Å². The van der Waals surface area contributed by atoms with Crippen molar-refractivity contribution in [3.05, 3.63) is 52.7 Å². The highest BCUT2D eigenvalue weighted by Gasteiger charge is 2.16. The van der Waals surface area contributed by atoms with Crippen molar-refractivity contribution in [3.8, 4) is 0 Å². The molecule has 0 saturated carbocycles. The molecule has 0 aliphatic rings. The van der Waals surface area contributed by atoms with Crippen LogP contribution < -0.4 is 0 Å². The van der Waals surface area contributed by atoms with Gasteiger partial charge in [0.2, 0.25) is 0 Å². The van der Waals surface area contributed by atoms with Crippen LogP contribution in [0.25, 0.3) is 11.0 Å². The van der Waals surface area contributed by atoms with Crippen molar-refractivity contribution in [3.63, 3.8) is 0 Å². The molecule has 3 rings (SSSR count). The number of hydrogen-bond donors (Lipinski definition) is 1. The van der Waals surface area contributed by atoms with Gasteiger partial charge in [-0.15, -0.1) is 0 Å². The summed E-state index contributed by atoms with van der Waals surface area (Å²) in [6.07, 6.45) is 6.51. The molecular weight excluding hydrogens is 312 g/mol. The molecule has 19 heavy (non-hydrogen) atoms. The van der Waals surface area contributed by atoms with Crippen LogP contribution in [0, 0.1) is 0 Å². The summed E-state index contributed by atoms with van der Waals surface area (Å²) in [5, 5.41) is 9.71. The quantitative estimate of drug-likeness (QED) is 0.805. The van der Waals surface area contributed by atoms with Crippen LogP contribution in [-0.4, -0.2) is 20.6 Å². The van der Waals surface area contributed by atoms with Gasteiger partial charge >= 0.3 is 5.97 Å². The fourth-order valence-corrected chi connectivity index (χ4v) is 2.54. The maximum atomic E-state index is 11.1. The Balaban J connectivity index is 2.16. The number of furan rings is 1. The zero-order valence-corrected chi connectivity index (χ0v) is 11.3. The topological polar surface area (TPSA) is 68.3 Å². The Morgan fingerprint density at radius 3 is 3.00 bits per heavy atom. The minimum atomic E-state index is -0.995. The van der Waals surface area contributed by atoms with Crippen molar-refractivity contribution in [1.82, 2.24) is 9.55 Å². The predicted molar refractivity (Wildman–Crippen MR) is 72.2 cm³/mol. The number of imidazole rings is 1. The van der Waals surface area contributed by atoms with Gasteiger partial charge in [-0.2, -0.15) is 0 Å². The molecule has 0 spiro atoms. The third-order valence-corrected chi connectivity index (χ3v) is 3.32. The number of carboxylic acids is 1. The molecule has 5 nitrogen and oxygen atoms in total. The van der Waals surface area contributed by atoms with Crippen molar-refractivity contribution in [2.45, 2.75) is 6.54 Å². The molecule has 0 fully saturated rings. The van der Waals surface area contributed by atoms with Gasteiger partial charge in [-0.1, -0.05) is 15.9 Å². The van der Waals surface area contributed by atoms with Crippen LogP contribution in [0.2, 0.25) is 0 Å². The molecule has 0 amide bonds. The van der Waals surface area contributed by atoms with Gasteiger partial charge in [0.15, 0.2) is 0 Å². The number of benzene rings is 1. The van der Waals surface area contributed by atoms with Crippen molar-refractivity contribution in [2.24, 2.45) is 0 Å². The molecule has 0 bridgehead atoms. The average molecular weight is 321 g/mol. The minimum Gasteiger partial charge on any atom is -0.478 e. The van der Waals surface area contributed by atoms with Crippen molar-refractivity contribution >= 4 is 32.9 Å². The minimum absolute atomic E-state index is 0.170. The summed E-state index contributed by atoms with van der Waals surface area (Å²) in [6, 6.07) is 3.66. The largest absolute Gasteiger partial charge is 0.478 e. The lowest BCUT2D eigenvalue weighted by atomic mass is 10.1. The summed E-state index contributed by atoms with van der Waals surface area (Å²) in [7, 11) is 0. The summed E-state index contributed by atoms with van der Waals surface area (Å²) in [6.45, 7) is 0.572. The highest BCUT2D eigenvalue weighted by molar-refractivity contribution is 9.10. The second-order valence-corrected chi connectivity index (χ2v) is 5.05. The van der Waals surface area contributed by atoms with Gasteiger partial charge in [-0.3, -0.25) is 0 Å². The normalized spacial score (nSPS) is 11.0. The summed E-state index contributed by atoms with van der Waals surface area (Å²) >= 11 is 3.40. The zero-order chi connectivity index (χ0) is 13.4. The van der Waals surface area contributed by atoms with Gasteiger partial charge in [-0.25, -0.2) is 9.78 Å². The van der Waals surface area contributed by atoms with Crippen molar-refractivity contribution < 1.29 is 14.3 Å². The van der Waals surface area contributed by atoms with Crippen LogP contribution in [0.15, 0.2) is 46.0 Å². The zero-order valence-electron chi connectivity index (χ0n) is 9.71. The van der Waals surface area contributed by atoms with E-state index >= 15 is 0 Å². The Bertz CT molecular complexity index is 747. The molecular formula is C13H9BrN2O3. The number of carboxylic acid groups (broad SMARTS) is 1. The van der Waals surface area contributed by atoms with Crippen LogP contribution in [0.4, 0.5) is 0 Å². The SMILES string of the molecule is O=C(O)c1coc2c(Cn3ccnc3)cc(Br)cc12. The first-order valence-electron chi connectivity index (χ1n) is 5.54. The Morgan fingerprint density at radius 1 is 1.47 bits per heavy atom. The van der Waals surface area contributed by atoms with E-state index < -0.39 is 5.97 Å². The monoisotopic (exact) mass is 320 g/mol. The number of aromatic carboxylic acids is 1. The lowest BCUT2D eigenvalue weighted by Crippen LogP contribution is -1.98. The Morgan fingerprint density at radius 2 is 2.32 bits per heavy atom. The van der Waals surface area contributed by atoms with E-state index in [1.54, 1.807) is 18.6 Å². The number of fused-ring (bicyclic) bond motifs is 1. The van der Waals surface area contributed by atoms with Crippen molar-refractivity contribution in [2.75, 3.05) is 0 Å². The molecule has 3 aromatic rings. The van der Waals surface area contributed by atoms with E-state index in [4.69, 9.17) is 9.52 Å². The molecule has 1 N–H and O–H groups in total. The third-order valence-electron chi connectivity index (χ3n) is 2.86. The molecule has 0 saturated heterocycles. The standard InChI is InChI=1S/C13H9BrN2O3/c14-9-3-8(5-16-2-1-15-7-16)12-10(4-9)11(6-19-12)13(17)18/h1-4,6-7H,5H2,(H,17,18). The van der Waals surface area contributed by atoms with Gasteiger partial charge in [0.1, 0.15) is 17.4 Å². The number of rotatable bonds is 3. The molecule has 0 aliphatic carbocycles. The maximum absolute atomic E-state index is 11.1. The van der Waals surface area contributed by atoms with Crippen LogP contribution in [0.5, 0.6) is 0 Å². The Labute approximate surface area is 116 Å². The summed E-state index contributed by atoms with van der Waals surface area (Å²) in [5.41, 5.74) is 1.66. The second kappa shape index (κ2) is 4.55. The van der Waals surface area contributed by atoms with E-state index in [9.17, 15) is 4.79 Å². The fourth-order valence-electron chi connectivity index (χ4n) is 2.03. The summed E-state index contributed by atoms with van der Waals surface area (Å²) in [5.74, 6) is -0.995. The fraction of sp³-hybridized carbons (Fsp3) is 0.0769.